The van der Waals surface area contributed by atoms with Gasteiger partial charge in [0.05, 0.1) is 11.1 Å². The van der Waals surface area contributed by atoms with Crippen LogP contribution >= 0.6 is 0 Å². The van der Waals surface area contributed by atoms with Crippen LogP contribution in [0.3, 0.4) is 0 Å². The Morgan fingerprint density at radius 3 is 1.88 bits per heavy atom. The molecule has 148 valence electrons. The third kappa shape index (κ3) is 4.49. The van der Waals surface area contributed by atoms with Gasteiger partial charge in [0.15, 0.2) is 0 Å². The molecule has 1 heterocycles. The second-order valence-corrected chi connectivity index (χ2v) is 7.47. The summed E-state index contributed by atoms with van der Waals surface area (Å²) >= 11 is 0. The van der Waals surface area contributed by atoms with Gasteiger partial charge in [-0.05, 0) is 17.5 Å². The van der Waals surface area contributed by atoms with Crippen LogP contribution in [-0.4, -0.2) is 31.1 Å². The minimum atomic E-state index is -5.10. The Bertz CT molecular complexity index is 638. The summed E-state index contributed by atoms with van der Waals surface area (Å²) in [4.78, 5) is 1.69. The van der Waals surface area contributed by atoms with Crippen LogP contribution in [0.15, 0.2) is 12.1 Å². The number of halogens is 7. The molecule has 1 aliphatic rings. The van der Waals surface area contributed by atoms with Crippen molar-refractivity contribution in [3.8, 4) is 0 Å². The SMILES string of the molecule is CC(C)(C)[C@@H](c1c(F)cc(C(F)(F)F)cc1C(F)(F)F)N1CCNCC1. The summed E-state index contributed by atoms with van der Waals surface area (Å²) in [6.07, 6.45) is -10.2. The second kappa shape index (κ2) is 6.99. The van der Waals surface area contributed by atoms with Gasteiger partial charge in [0.25, 0.3) is 0 Å². The maximum atomic E-state index is 14.7. The molecule has 0 bridgehead atoms. The summed E-state index contributed by atoms with van der Waals surface area (Å²) < 4.78 is 94.0. The molecule has 1 saturated heterocycles. The molecule has 1 aromatic carbocycles. The highest BCUT2D eigenvalue weighted by atomic mass is 19.4. The average molecular weight is 386 g/mol. The Morgan fingerprint density at radius 1 is 0.923 bits per heavy atom. The van der Waals surface area contributed by atoms with Gasteiger partial charge < -0.3 is 5.32 Å². The van der Waals surface area contributed by atoms with E-state index in [1.165, 1.54) is 0 Å². The molecule has 0 amide bonds. The number of alkyl halides is 6. The van der Waals surface area contributed by atoms with Crippen molar-refractivity contribution in [3.63, 3.8) is 0 Å². The summed E-state index contributed by atoms with van der Waals surface area (Å²) in [6.45, 7) is 6.72. The van der Waals surface area contributed by atoms with Gasteiger partial charge in [-0.15, -0.1) is 0 Å². The Labute approximate surface area is 147 Å². The van der Waals surface area contributed by atoms with Crippen LogP contribution in [0.2, 0.25) is 0 Å². The van der Waals surface area contributed by atoms with Crippen LogP contribution in [0.5, 0.6) is 0 Å². The zero-order chi connectivity index (χ0) is 19.9. The van der Waals surface area contributed by atoms with Gasteiger partial charge in [-0.1, -0.05) is 20.8 Å². The van der Waals surface area contributed by atoms with Crippen molar-refractivity contribution in [1.82, 2.24) is 10.2 Å². The zero-order valence-electron chi connectivity index (χ0n) is 14.7. The van der Waals surface area contributed by atoms with Gasteiger partial charge in [-0.2, -0.15) is 26.3 Å². The summed E-state index contributed by atoms with van der Waals surface area (Å²) in [5.41, 5.74) is -4.75. The highest BCUT2D eigenvalue weighted by molar-refractivity contribution is 5.40. The van der Waals surface area contributed by atoms with Crippen molar-refractivity contribution in [1.29, 1.82) is 0 Å². The van der Waals surface area contributed by atoms with E-state index in [0.717, 1.165) is 0 Å². The van der Waals surface area contributed by atoms with E-state index in [0.29, 0.717) is 26.2 Å². The third-order valence-electron chi connectivity index (χ3n) is 4.37. The van der Waals surface area contributed by atoms with Gasteiger partial charge >= 0.3 is 12.4 Å². The van der Waals surface area contributed by atoms with Gasteiger partial charge in [0.2, 0.25) is 0 Å². The molecule has 1 aliphatic heterocycles. The lowest BCUT2D eigenvalue weighted by molar-refractivity contribution is -0.144. The summed E-state index contributed by atoms with van der Waals surface area (Å²) in [7, 11) is 0. The maximum Gasteiger partial charge on any atom is 0.416 e. The Morgan fingerprint density at radius 2 is 1.46 bits per heavy atom. The van der Waals surface area contributed by atoms with Crippen LogP contribution in [0, 0.1) is 11.2 Å². The van der Waals surface area contributed by atoms with Crippen LogP contribution in [0.25, 0.3) is 0 Å². The van der Waals surface area contributed by atoms with Crippen LogP contribution in [-0.2, 0) is 12.4 Å². The quantitative estimate of drug-likeness (QED) is 0.731. The highest BCUT2D eigenvalue weighted by Gasteiger charge is 2.45. The summed E-state index contributed by atoms with van der Waals surface area (Å²) in [6, 6.07) is -0.839. The fraction of sp³-hybridized carbons (Fsp3) is 0.647. The number of piperazine rings is 1. The molecule has 2 nitrogen and oxygen atoms in total. The number of hydrogen-bond donors (Lipinski definition) is 1. The lowest BCUT2D eigenvalue weighted by Crippen LogP contribution is -2.49. The molecule has 0 saturated carbocycles. The molecule has 26 heavy (non-hydrogen) atoms. The molecule has 0 aromatic heterocycles. The van der Waals surface area contributed by atoms with E-state index in [2.05, 4.69) is 5.32 Å². The van der Waals surface area contributed by atoms with Crippen LogP contribution in [0.4, 0.5) is 30.7 Å². The van der Waals surface area contributed by atoms with Crippen molar-refractivity contribution in [3.05, 3.63) is 34.6 Å². The molecular weight excluding hydrogens is 365 g/mol. The monoisotopic (exact) mass is 386 g/mol. The van der Waals surface area contributed by atoms with E-state index in [9.17, 15) is 30.7 Å². The predicted molar refractivity (Wildman–Crippen MR) is 83.0 cm³/mol. The molecule has 0 spiro atoms. The van der Waals surface area contributed by atoms with Gasteiger partial charge in [-0.3, -0.25) is 4.90 Å². The van der Waals surface area contributed by atoms with Crippen LogP contribution < -0.4 is 5.32 Å². The molecule has 0 unspecified atom stereocenters. The number of nitrogens with zero attached hydrogens (tertiary/aromatic N) is 1. The molecule has 1 aromatic rings. The molecule has 1 fully saturated rings. The predicted octanol–water partition coefficient (Wildman–Crippen LogP) is 4.86. The fourth-order valence-corrected chi connectivity index (χ4v) is 3.40. The summed E-state index contributed by atoms with van der Waals surface area (Å²) in [5, 5.41) is 3.05. The normalized spacial score (nSPS) is 18.8. The largest absolute Gasteiger partial charge is 0.416 e. The van der Waals surface area contributed by atoms with E-state index in [4.69, 9.17) is 0 Å². The van der Waals surface area contributed by atoms with Crippen molar-refractivity contribution >= 4 is 0 Å². The van der Waals surface area contributed by atoms with E-state index >= 15 is 0 Å². The maximum absolute atomic E-state index is 14.7. The first-order valence-corrected chi connectivity index (χ1v) is 8.15. The first-order valence-electron chi connectivity index (χ1n) is 8.15. The molecule has 0 radical (unpaired) electrons. The highest BCUT2D eigenvalue weighted by Crippen LogP contribution is 2.46. The lowest BCUT2D eigenvalue weighted by atomic mass is 9.78. The fourth-order valence-electron chi connectivity index (χ4n) is 3.40. The standard InChI is InChI=1S/C17H21F7N2/c1-15(2,3)14(26-6-4-25-5-7-26)13-11(17(22,23)24)8-10(9-12(13)18)16(19,20)21/h8-9,14,25H,4-7H2,1-3H3/t14-/m1/s1. The molecular formula is C17H21F7N2. The number of rotatable bonds is 2. The Kier molecular flexibility index (Phi) is 5.64. The van der Waals surface area contributed by atoms with Crippen molar-refractivity contribution < 1.29 is 30.7 Å². The first-order chi connectivity index (χ1) is 11.7. The number of hydrogen-bond acceptors (Lipinski definition) is 2. The van der Waals surface area contributed by atoms with Gasteiger partial charge in [0.1, 0.15) is 5.82 Å². The van der Waals surface area contributed by atoms with E-state index in [1.54, 1.807) is 25.7 Å². The molecule has 2 rings (SSSR count). The minimum absolute atomic E-state index is 0.0132. The van der Waals surface area contributed by atoms with E-state index in [1.807, 2.05) is 0 Å². The third-order valence-corrected chi connectivity index (χ3v) is 4.37. The molecule has 0 aliphatic carbocycles. The minimum Gasteiger partial charge on any atom is -0.314 e. The second-order valence-electron chi connectivity index (χ2n) is 7.47. The van der Waals surface area contributed by atoms with Crippen LogP contribution in [0.1, 0.15) is 43.5 Å². The van der Waals surface area contributed by atoms with Crippen molar-refractivity contribution in [2.24, 2.45) is 5.41 Å². The van der Waals surface area contributed by atoms with Gasteiger partial charge in [0, 0.05) is 37.8 Å². The Balaban J connectivity index is 2.71. The number of benzene rings is 1. The molecule has 9 heteroatoms. The molecule has 1 N–H and O–H groups in total. The number of nitrogens with one attached hydrogen (secondary N) is 1. The lowest BCUT2D eigenvalue weighted by Gasteiger charge is -2.43. The average Bonchev–Trinajstić information content (AvgIpc) is 2.46. The van der Waals surface area contributed by atoms with Gasteiger partial charge in [-0.25, -0.2) is 4.39 Å². The first kappa shape index (κ1) is 21.0. The topological polar surface area (TPSA) is 15.3 Å². The smallest absolute Gasteiger partial charge is 0.314 e. The Hall–Kier alpha value is -1.35. The van der Waals surface area contributed by atoms with Crippen molar-refractivity contribution in [2.45, 2.75) is 39.2 Å². The van der Waals surface area contributed by atoms with Crippen molar-refractivity contribution in [2.75, 3.05) is 26.2 Å². The molecule has 1 atom stereocenters. The zero-order valence-corrected chi connectivity index (χ0v) is 14.7. The summed E-state index contributed by atoms with van der Waals surface area (Å²) in [5.74, 6) is -1.48. The van der Waals surface area contributed by atoms with E-state index < -0.39 is 46.3 Å². The van der Waals surface area contributed by atoms with E-state index in [-0.39, 0.29) is 12.1 Å².